The van der Waals surface area contributed by atoms with E-state index in [1.54, 1.807) is 0 Å². The molecule has 1 aromatic heterocycles. The van der Waals surface area contributed by atoms with Gasteiger partial charge < -0.3 is 19.7 Å². The SMILES string of the molecule is C[C@@H](CCl)COc1ccc(C(C)(C)c2ccc(OC[C@H](O)Cn3nnc([123I])c3CO)cc2)cc1Cl. The maximum Gasteiger partial charge on any atom is 0.149 e. The van der Waals surface area contributed by atoms with Crippen molar-refractivity contribution in [2.75, 3.05) is 19.1 Å². The summed E-state index contributed by atoms with van der Waals surface area (Å²) in [5, 5.41) is 28.2. The fourth-order valence-corrected chi connectivity index (χ4v) is 4.34. The third-order valence-corrected chi connectivity index (χ3v) is 7.44. The lowest BCUT2D eigenvalue weighted by Crippen LogP contribution is -2.25. The zero-order valence-corrected chi connectivity index (χ0v) is 23.6. The van der Waals surface area contributed by atoms with Gasteiger partial charge in [0.05, 0.1) is 30.5 Å². The molecule has 7 nitrogen and oxygen atoms in total. The quantitative estimate of drug-likeness (QED) is 0.215. The average Bonchev–Trinajstić information content (AvgIpc) is 3.20. The molecule has 0 spiro atoms. The minimum atomic E-state index is -0.802. The Balaban J connectivity index is 1.61. The van der Waals surface area contributed by atoms with Crippen LogP contribution in [0.5, 0.6) is 11.5 Å². The Bertz CT molecular complexity index is 1110. The Hall–Kier alpha value is -1.59. The Morgan fingerprint density at radius 3 is 2.40 bits per heavy atom. The van der Waals surface area contributed by atoms with Crippen molar-refractivity contribution in [1.82, 2.24) is 15.0 Å². The molecular formula is C25H30Cl2IN3O4. The molecule has 0 saturated heterocycles. The van der Waals surface area contributed by atoms with Crippen LogP contribution in [-0.4, -0.2) is 50.4 Å². The van der Waals surface area contributed by atoms with Gasteiger partial charge >= 0.3 is 0 Å². The van der Waals surface area contributed by atoms with Crippen LogP contribution in [0.1, 0.15) is 37.6 Å². The second-order valence-electron chi connectivity index (χ2n) is 9.00. The molecule has 0 amide bonds. The minimum Gasteiger partial charge on any atom is -0.492 e. The molecule has 2 N–H and O–H groups in total. The number of aliphatic hydroxyl groups is 2. The second kappa shape index (κ2) is 12.6. The normalized spacial score (nSPS) is 13.5. The van der Waals surface area contributed by atoms with Crippen LogP contribution in [-0.2, 0) is 18.6 Å². The summed E-state index contributed by atoms with van der Waals surface area (Å²) in [4.78, 5) is 0. The lowest BCUT2D eigenvalue weighted by atomic mass is 9.78. The third kappa shape index (κ3) is 7.22. The number of aliphatic hydroxyl groups excluding tert-OH is 2. The summed E-state index contributed by atoms with van der Waals surface area (Å²) in [5.41, 5.74) is 2.43. The van der Waals surface area contributed by atoms with Gasteiger partial charge in [0.2, 0.25) is 0 Å². The fourth-order valence-electron chi connectivity index (χ4n) is 3.47. The van der Waals surface area contributed by atoms with Crippen molar-refractivity contribution in [3.8, 4) is 11.5 Å². The van der Waals surface area contributed by atoms with E-state index in [-0.39, 0.29) is 31.1 Å². The summed E-state index contributed by atoms with van der Waals surface area (Å²) in [6.07, 6.45) is -0.802. The average molecular weight is 630 g/mol. The first-order valence-electron chi connectivity index (χ1n) is 11.2. The Labute approximate surface area is 229 Å². The van der Waals surface area contributed by atoms with E-state index in [4.69, 9.17) is 32.7 Å². The van der Waals surface area contributed by atoms with E-state index >= 15 is 0 Å². The van der Waals surface area contributed by atoms with Crippen molar-refractivity contribution in [3.05, 3.63) is 68.0 Å². The van der Waals surface area contributed by atoms with Gasteiger partial charge in [-0.15, -0.1) is 16.7 Å². The van der Waals surface area contributed by atoms with Crippen LogP contribution in [0, 0.1) is 9.62 Å². The van der Waals surface area contributed by atoms with E-state index in [1.165, 1.54) is 4.68 Å². The summed E-state index contributed by atoms with van der Waals surface area (Å²) in [7, 11) is 0. The van der Waals surface area contributed by atoms with E-state index < -0.39 is 6.10 Å². The van der Waals surface area contributed by atoms with Crippen molar-refractivity contribution >= 4 is 45.8 Å². The number of alkyl halides is 1. The van der Waals surface area contributed by atoms with Crippen molar-refractivity contribution in [2.24, 2.45) is 5.92 Å². The number of benzene rings is 2. The second-order valence-corrected chi connectivity index (χ2v) is 10.7. The first-order chi connectivity index (χ1) is 16.6. The van der Waals surface area contributed by atoms with Gasteiger partial charge in [0, 0.05) is 17.2 Å². The van der Waals surface area contributed by atoms with Crippen molar-refractivity contribution < 1.29 is 19.7 Å². The summed E-state index contributed by atoms with van der Waals surface area (Å²) >= 11 is 14.3. The lowest BCUT2D eigenvalue weighted by molar-refractivity contribution is 0.0866. The Morgan fingerprint density at radius 1 is 1.09 bits per heavy atom. The number of rotatable bonds is 12. The van der Waals surface area contributed by atoms with Crippen LogP contribution >= 0.6 is 45.8 Å². The Kier molecular flexibility index (Phi) is 10.1. The van der Waals surface area contributed by atoms with Crippen LogP contribution in [0.4, 0.5) is 0 Å². The molecule has 3 rings (SSSR count). The standard InChI is InChI=1S/C25H30Cl2IN3O4/c1-16(11-26)14-35-23-9-6-18(10-21(23)27)25(2,3)17-4-7-20(8-5-17)34-15-19(33)12-31-22(13-32)24(28)29-30-31/h4-10,16,19,32-33H,11-15H2,1-3H3/t16-,19+/m0/s1/i28-4. The number of hydrogen-bond donors (Lipinski definition) is 2. The molecule has 2 atom stereocenters. The van der Waals surface area contributed by atoms with E-state index in [0.29, 0.717) is 38.4 Å². The molecule has 0 fully saturated rings. The molecule has 190 valence electrons. The van der Waals surface area contributed by atoms with Crippen LogP contribution in [0.15, 0.2) is 42.5 Å². The Morgan fingerprint density at radius 2 is 1.77 bits per heavy atom. The maximum atomic E-state index is 10.3. The first kappa shape index (κ1) is 28.0. The highest BCUT2D eigenvalue weighted by atomic mass is 123. The molecule has 10 heteroatoms. The first-order valence-corrected chi connectivity index (χ1v) is 13.2. The molecule has 1 heterocycles. The lowest BCUT2D eigenvalue weighted by Gasteiger charge is -2.27. The molecule has 35 heavy (non-hydrogen) atoms. The molecular weight excluding hydrogens is 600 g/mol. The summed E-state index contributed by atoms with van der Waals surface area (Å²) in [5.74, 6) is 2.08. The number of nitrogens with zero attached hydrogens (tertiary/aromatic N) is 3. The highest BCUT2D eigenvalue weighted by molar-refractivity contribution is 14.1. The molecule has 2 aromatic carbocycles. The zero-order valence-electron chi connectivity index (χ0n) is 19.9. The number of aromatic nitrogens is 3. The van der Waals surface area contributed by atoms with Gasteiger partial charge in [0.1, 0.15) is 27.9 Å². The van der Waals surface area contributed by atoms with Gasteiger partial charge in [-0.2, -0.15) is 0 Å². The predicted molar refractivity (Wildman–Crippen MR) is 146 cm³/mol. The third-order valence-electron chi connectivity index (χ3n) is 5.78. The molecule has 0 bridgehead atoms. The molecule has 0 radical (unpaired) electrons. The topological polar surface area (TPSA) is 89.6 Å². The van der Waals surface area contributed by atoms with Crippen molar-refractivity contribution in [2.45, 2.75) is 45.4 Å². The molecule has 0 aliphatic carbocycles. The molecule has 3 aromatic rings. The predicted octanol–water partition coefficient (Wildman–Crippen LogP) is 5.05. The zero-order chi connectivity index (χ0) is 25.6. The number of ether oxygens (including phenoxy) is 2. The number of halogens is 3. The van der Waals surface area contributed by atoms with Crippen LogP contribution in [0.3, 0.4) is 0 Å². The van der Waals surface area contributed by atoms with Crippen LogP contribution in [0.25, 0.3) is 0 Å². The van der Waals surface area contributed by atoms with Gasteiger partial charge in [0.25, 0.3) is 0 Å². The summed E-state index contributed by atoms with van der Waals surface area (Å²) in [6, 6.07) is 13.6. The van der Waals surface area contributed by atoms with Gasteiger partial charge in [-0.25, -0.2) is 4.68 Å². The summed E-state index contributed by atoms with van der Waals surface area (Å²) < 4.78 is 13.7. The largest absolute Gasteiger partial charge is 0.492 e. The van der Waals surface area contributed by atoms with Gasteiger partial charge in [0.15, 0.2) is 0 Å². The fraction of sp³-hybridized carbons (Fsp3) is 0.440. The van der Waals surface area contributed by atoms with E-state index in [0.717, 1.165) is 11.1 Å². The van der Waals surface area contributed by atoms with E-state index in [1.807, 2.05) is 72.0 Å². The molecule has 0 aliphatic heterocycles. The van der Waals surface area contributed by atoms with Crippen LogP contribution < -0.4 is 9.47 Å². The molecule has 0 saturated carbocycles. The van der Waals surface area contributed by atoms with Gasteiger partial charge in [-0.1, -0.05) is 55.8 Å². The molecule has 0 aliphatic rings. The van der Waals surface area contributed by atoms with E-state index in [9.17, 15) is 10.2 Å². The highest BCUT2D eigenvalue weighted by Gasteiger charge is 2.24. The van der Waals surface area contributed by atoms with Gasteiger partial charge in [-0.3, -0.25) is 0 Å². The maximum absolute atomic E-state index is 10.3. The van der Waals surface area contributed by atoms with E-state index in [2.05, 4.69) is 24.2 Å². The smallest absolute Gasteiger partial charge is 0.149 e. The minimum absolute atomic E-state index is 0.0868. The monoisotopic (exact) mass is 629 g/mol. The molecule has 0 unspecified atom stereocenters. The number of hydrogen-bond acceptors (Lipinski definition) is 6. The highest BCUT2D eigenvalue weighted by Crippen LogP contribution is 2.36. The van der Waals surface area contributed by atoms with Crippen molar-refractivity contribution in [1.29, 1.82) is 0 Å². The van der Waals surface area contributed by atoms with Crippen LogP contribution in [0.2, 0.25) is 5.02 Å². The van der Waals surface area contributed by atoms with Gasteiger partial charge in [-0.05, 0) is 58.0 Å². The summed E-state index contributed by atoms with van der Waals surface area (Å²) in [6.45, 7) is 6.88. The van der Waals surface area contributed by atoms with Crippen molar-refractivity contribution in [3.63, 3.8) is 0 Å².